The first-order valence-electron chi connectivity index (χ1n) is 10.7. The lowest BCUT2D eigenvalue weighted by molar-refractivity contribution is -0.150. The van der Waals surface area contributed by atoms with Crippen molar-refractivity contribution in [3.63, 3.8) is 0 Å². The van der Waals surface area contributed by atoms with Crippen LogP contribution in [0.4, 0.5) is 0 Å². The first kappa shape index (κ1) is 22.3. The number of aliphatic hydroxyl groups is 1. The molecule has 2 N–H and O–H groups in total. The fourth-order valence-electron chi connectivity index (χ4n) is 3.62. The number of benzene rings is 2. The quantitative estimate of drug-likeness (QED) is 0.504. The Morgan fingerprint density at radius 2 is 1.84 bits per heavy atom. The van der Waals surface area contributed by atoms with Gasteiger partial charge in [-0.2, -0.15) is 11.3 Å². The van der Waals surface area contributed by atoms with Crippen LogP contribution in [0.2, 0.25) is 0 Å². The summed E-state index contributed by atoms with van der Waals surface area (Å²) in [5.74, 6) is 0.148. The van der Waals surface area contributed by atoms with Crippen molar-refractivity contribution in [3.8, 4) is 0 Å². The van der Waals surface area contributed by atoms with Crippen LogP contribution in [-0.2, 0) is 33.9 Å². The van der Waals surface area contributed by atoms with E-state index in [4.69, 9.17) is 9.47 Å². The maximum Gasteiger partial charge on any atom is 0.286 e. The molecule has 1 amide bonds. The lowest BCUT2D eigenvalue weighted by Gasteiger charge is -2.29. The van der Waals surface area contributed by atoms with E-state index in [1.165, 1.54) is 5.56 Å². The number of thiophene rings is 1. The lowest BCUT2D eigenvalue weighted by atomic mass is 9.95. The van der Waals surface area contributed by atoms with Gasteiger partial charge in [-0.15, -0.1) is 0 Å². The minimum Gasteiger partial charge on any atom is -0.459 e. The van der Waals surface area contributed by atoms with Crippen LogP contribution in [0.3, 0.4) is 0 Å². The number of ether oxygens (including phenoxy) is 2. The largest absolute Gasteiger partial charge is 0.459 e. The van der Waals surface area contributed by atoms with Crippen molar-refractivity contribution >= 4 is 17.2 Å². The highest BCUT2D eigenvalue weighted by Crippen LogP contribution is 2.32. The second-order valence-electron chi connectivity index (χ2n) is 7.75. The zero-order chi connectivity index (χ0) is 22.2. The van der Waals surface area contributed by atoms with Crippen LogP contribution in [0.25, 0.3) is 0 Å². The Hall–Kier alpha value is -2.93. The number of hydrogen-bond acceptors (Lipinski definition) is 5. The van der Waals surface area contributed by atoms with Gasteiger partial charge in [0.1, 0.15) is 0 Å². The average Bonchev–Trinajstić information content (AvgIpc) is 3.39. The number of carbonyl (C=O) groups excluding carboxylic acids is 1. The first-order chi connectivity index (χ1) is 15.7. The van der Waals surface area contributed by atoms with E-state index in [-0.39, 0.29) is 18.4 Å². The van der Waals surface area contributed by atoms with Crippen LogP contribution < -0.4 is 5.32 Å². The summed E-state index contributed by atoms with van der Waals surface area (Å²) >= 11 is 1.64. The van der Waals surface area contributed by atoms with Gasteiger partial charge in [-0.3, -0.25) is 4.79 Å². The predicted octanol–water partition coefficient (Wildman–Crippen LogP) is 4.53. The number of nitrogens with one attached hydrogen (secondary N) is 1. The first-order valence-corrected chi connectivity index (χ1v) is 11.7. The maximum absolute atomic E-state index is 12.8. The third-order valence-corrected chi connectivity index (χ3v) is 6.14. The summed E-state index contributed by atoms with van der Waals surface area (Å²) < 4.78 is 12.0. The maximum atomic E-state index is 12.8. The van der Waals surface area contributed by atoms with Gasteiger partial charge < -0.3 is 19.9 Å². The fourth-order valence-corrected chi connectivity index (χ4v) is 4.34. The molecule has 0 saturated heterocycles. The number of hydrogen-bond donors (Lipinski definition) is 2. The third-order valence-electron chi connectivity index (χ3n) is 5.44. The molecule has 0 spiro atoms. The van der Waals surface area contributed by atoms with E-state index in [2.05, 4.69) is 16.8 Å². The molecule has 0 bridgehead atoms. The number of aliphatic hydroxyl groups excluding tert-OH is 1. The molecule has 32 heavy (non-hydrogen) atoms. The van der Waals surface area contributed by atoms with Gasteiger partial charge in [0.15, 0.2) is 5.76 Å². The summed E-state index contributed by atoms with van der Waals surface area (Å²) in [6.45, 7) is 0.924. The Morgan fingerprint density at radius 1 is 1.06 bits per heavy atom. The summed E-state index contributed by atoms with van der Waals surface area (Å²) in [4.78, 5) is 12.8. The normalized spacial score (nSPS) is 18.0. The van der Waals surface area contributed by atoms with Gasteiger partial charge in [0, 0.05) is 18.9 Å². The molecule has 0 aliphatic carbocycles. The van der Waals surface area contributed by atoms with Crippen molar-refractivity contribution in [1.29, 1.82) is 0 Å². The Kier molecular flexibility index (Phi) is 7.72. The topological polar surface area (TPSA) is 67.8 Å². The Balaban J connectivity index is 1.38. The van der Waals surface area contributed by atoms with Crippen molar-refractivity contribution in [1.82, 2.24) is 5.32 Å². The van der Waals surface area contributed by atoms with E-state index < -0.39 is 6.29 Å². The van der Waals surface area contributed by atoms with E-state index in [0.717, 1.165) is 23.1 Å². The molecule has 2 atom stereocenters. The van der Waals surface area contributed by atoms with Gasteiger partial charge in [0.05, 0.1) is 13.2 Å². The third kappa shape index (κ3) is 6.07. The summed E-state index contributed by atoms with van der Waals surface area (Å²) in [5, 5.41) is 16.3. The van der Waals surface area contributed by atoms with Crippen LogP contribution >= 0.6 is 11.3 Å². The number of allylic oxidation sites excluding steroid dienone is 1. The van der Waals surface area contributed by atoms with E-state index in [1.807, 2.05) is 66.1 Å². The van der Waals surface area contributed by atoms with Crippen LogP contribution in [0.1, 0.15) is 34.6 Å². The summed E-state index contributed by atoms with van der Waals surface area (Å²) in [6, 6.07) is 19.7. The van der Waals surface area contributed by atoms with Crippen molar-refractivity contribution in [2.75, 3.05) is 6.54 Å². The lowest BCUT2D eigenvalue weighted by Crippen LogP contribution is -2.33. The van der Waals surface area contributed by atoms with E-state index in [9.17, 15) is 9.90 Å². The second kappa shape index (κ2) is 11.1. The molecule has 166 valence electrons. The van der Waals surface area contributed by atoms with Gasteiger partial charge in [-0.25, -0.2) is 0 Å². The van der Waals surface area contributed by atoms with Crippen molar-refractivity contribution in [2.45, 2.75) is 38.3 Å². The molecule has 2 aromatic carbocycles. The number of amides is 1. The highest BCUT2D eigenvalue weighted by molar-refractivity contribution is 7.08. The van der Waals surface area contributed by atoms with E-state index in [0.29, 0.717) is 25.3 Å². The van der Waals surface area contributed by atoms with Gasteiger partial charge >= 0.3 is 0 Å². The molecule has 0 fully saturated rings. The SMILES string of the molecule is O=C(NCCc1ccccc1)C1=C[C@@H](c2ccsc2)C[C@@H](OCc2ccc(CO)cc2)O1. The zero-order valence-corrected chi connectivity index (χ0v) is 18.6. The molecule has 0 unspecified atom stereocenters. The number of carbonyl (C=O) groups is 1. The molecular formula is C26H27NO4S. The number of rotatable bonds is 9. The van der Waals surface area contributed by atoms with Crippen LogP contribution in [0.5, 0.6) is 0 Å². The Bertz CT molecular complexity index is 1020. The molecule has 1 aromatic heterocycles. The zero-order valence-electron chi connectivity index (χ0n) is 17.8. The minimum absolute atomic E-state index is 0.0166. The summed E-state index contributed by atoms with van der Waals surface area (Å²) in [5.41, 5.74) is 4.18. The molecular weight excluding hydrogens is 422 g/mol. The average molecular weight is 450 g/mol. The molecule has 1 aliphatic rings. The van der Waals surface area contributed by atoms with Crippen molar-refractivity contribution in [3.05, 3.63) is 106 Å². The van der Waals surface area contributed by atoms with Crippen LogP contribution in [0.15, 0.2) is 83.3 Å². The van der Waals surface area contributed by atoms with Gasteiger partial charge in [0.25, 0.3) is 5.91 Å². The fraction of sp³-hybridized carbons (Fsp3) is 0.269. The molecule has 4 rings (SSSR count). The Morgan fingerprint density at radius 3 is 2.56 bits per heavy atom. The minimum atomic E-state index is -0.516. The predicted molar refractivity (Wildman–Crippen MR) is 125 cm³/mol. The molecule has 0 radical (unpaired) electrons. The second-order valence-corrected chi connectivity index (χ2v) is 8.53. The monoisotopic (exact) mass is 449 g/mol. The molecule has 0 saturated carbocycles. The smallest absolute Gasteiger partial charge is 0.286 e. The molecule has 3 aromatic rings. The van der Waals surface area contributed by atoms with Gasteiger partial charge in [0.2, 0.25) is 6.29 Å². The Labute approximate surface area is 192 Å². The molecule has 5 nitrogen and oxygen atoms in total. The molecule has 1 aliphatic heterocycles. The highest BCUT2D eigenvalue weighted by atomic mass is 32.1. The van der Waals surface area contributed by atoms with Crippen molar-refractivity contribution in [2.24, 2.45) is 0 Å². The highest BCUT2D eigenvalue weighted by Gasteiger charge is 2.29. The summed E-state index contributed by atoms with van der Waals surface area (Å²) in [7, 11) is 0. The standard InChI is InChI=1S/C26H27NO4S/c28-16-20-6-8-21(9-7-20)17-30-25-15-23(22-11-13-32-18-22)14-24(31-25)26(29)27-12-10-19-4-2-1-3-5-19/h1-9,11,13-14,18,23,25,28H,10,12,15-17H2,(H,27,29)/t23-,25+/m1/s1. The van der Waals surface area contributed by atoms with Gasteiger partial charge in [-0.1, -0.05) is 54.6 Å². The van der Waals surface area contributed by atoms with E-state index in [1.54, 1.807) is 11.3 Å². The summed E-state index contributed by atoms with van der Waals surface area (Å²) in [6.07, 6.45) is 2.79. The van der Waals surface area contributed by atoms with Gasteiger partial charge in [-0.05, 0) is 51.6 Å². The van der Waals surface area contributed by atoms with Crippen LogP contribution in [-0.4, -0.2) is 23.8 Å². The molecule has 6 heteroatoms. The van der Waals surface area contributed by atoms with Crippen LogP contribution in [0, 0.1) is 0 Å². The van der Waals surface area contributed by atoms with E-state index >= 15 is 0 Å². The van der Waals surface area contributed by atoms with Crippen molar-refractivity contribution < 1.29 is 19.4 Å². The molecule has 2 heterocycles.